The fourth-order valence-electron chi connectivity index (χ4n) is 3.46. The van der Waals surface area contributed by atoms with Gasteiger partial charge in [0, 0.05) is 24.7 Å². The highest BCUT2D eigenvalue weighted by Crippen LogP contribution is 2.55. The standard InChI is InChI=1S/C20H24N3O7P/c1-15(20(24)25)22(17-12-13-21(2)14-17)31(28,29-18-6-4-3-5-7-18)30-19-10-8-16(9-11-19)23(26)27/h3-11,15,17H,12-14H2,1-2H3,(H,24,25)/t15-,17?,31?/m1/s1. The largest absolute Gasteiger partial charge is 0.516 e. The normalized spacial score (nSPS) is 19.5. The lowest BCUT2D eigenvalue weighted by molar-refractivity contribution is -0.384. The van der Waals surface area contributed by atoms with Crippen molar-refractivity contribution < 1.29 is 28.4 Å². The number of nitro benzene ring substituents is 1. The lowest BCUT2D eigenvalue weighted by Crippen LogP contribution is -2.46. The molecule has 0 saturated carbocycles. The van der Waals surface area contributed by atoms with E-state index in [1.54, 1.807) is 30.3 Å². The third-order valence-corrected chi connectivity index (χ3v) is 7.13. The molecule has 2 aromatic rings. The number of aliphatic carboxylic acids is 1. The Kier molecular flexibility index (Phi) is 6.94. The fraction of sp³-hybridized carbons (Fsp3) is 0.350. The van der Waals surface area contributed by atoms with E-state index in [1.807, 2.05) is 11.9 Å². The number of hydrogen-bond donors (Lipinski definition) is 1. The molecule has 1 aliphatic rings. The smallest absolute Gasteiger partial charge is 0.480 e. The van der Waals surface area contributed by atoms with Gasteiger partial charge in [-0.25, -0.2) is 4.57 Å². The number of nitro groups is 1. The van der Waals surface area contributed by atoms with Gasteiger partial charge in [0.1, 0.15) is 17.5 Å². The highest BCUT2D eigenvalue weighted by molar-refractivity contribution is 7.52. The summed E-state index contributed by atoms with van der Waals surface area (Å²) >= 11 is 0. The minimum atomic E-state index is -4.24. The van der Waals surface area contributed by atoms with Crippen LogP contribution in [0.5, 0.6) is 11.5 Å². The summed E-state index contributed by atoms with van der Waals surface area (Å²) in [5.74, 6) is -0.848. The number of carbonyl (C=O) groups is 1. The molecule has 0 spiro atoms. The lowest BCUT2D eigenvalue weighted by Gasteiger charge is -2.36. The highest BCUT2D eigenvalue weighted by Gasteiger charge is 2.48. The zero-order chi connectivity index (χ0) is 22.6. The molecule has 1 fully saturated rings. The van der Waals surface area contributed by atoms with Crippen molar-refractivity contribution in [3.63, 3.8) is 0 Å². The Morgan fingerprint density at radius 2 is 1.77 bits per heavy atom. The molecule has 1 heterocycles. The second-order valence-electron chi connectivity index (χ2n) is 7.31. The first kappa shape index (κ1) is 22.7. The Labute approximate surface area is 179 Å². The molecule has 3 atom stereocenters. The van der Waals surface area contributed by atoms with Crippen LogP contribution in [0, 0.1) is 10.1 Å². The summed E-state index contributed by atoms with van der Waals surface area (Å²) in [5, 5.41) is 20.6. The van der Waals surface area contributed by atoms with E-state index in [9.17, 15) is 24.6 Å². The van der Waals surface area contributed by atoms with Crippen LogP contribution in [0.15, 0.2) is 54.6 Å². The molecule has 1 saturated heterocycles. The number of likely N-dealkylation sites (tertiary alicyclic amines) is 1. The number of benzene rings is 2. The van der Waals surface area contributed by atoms with Crippen LogP contribution in [0.3, 0.4) is 0 Å². The van der Waals surface area contributed by atoms with Crippen LogP contribution in [-0.4, -0.2) is 57.8 Å². The summed E-state index contributed by atoms with van der Waals surface area (Å²) in [6, 6.07) is 11.8. The van der Waals surface area contributed by atoms with Crippen molar-refractivity contribution in [2.24, 2.45) is 0 Å². The van der Waals surface area contributed by atoms with E-state index in [0.29, 0.717) is 19.5 Å². The van der Waals surface area contributed by atoms with Gasteiger partial charge in [0.2, 0.25) is 0 Å². The zero-order valence-corrected chi connectivity index (χ0v) is 18.1. The average molecular weight is 449 g/mol. The number of carboxylic acids is 1. The van der Waals surface area contributed by atoms with Gasteiger partial charge in [-0.15, -0.1) is 0 Å². The van der Waals surface area contributed by atoms with Gasteiger partial charge in [-0.05, 0) is 51.2 Å². The van der Waals surface area contributed by atoms with Gasteiger partial charge in [0.25, 0.3) is 5.69 Å². The molecule has 0 aromatic heterocycles. The van der Waals surface area contributed by atoms with E-state index >= 15 is 0 Å². The predicted molar refractivity (Wildman–Crippen MR) is 113 cm³/mol. The minimum Gasteiger partial charge on any atom is -0.480 e. The molecule has 2 aromatic carbocycles. The van der Waals surface area contributed by atoms with Gasteiger partial charge >= 0.3 is 13.7 Å². The first-order valence-electron chi connectivity index (χ1n) is 9.68. The van der Waals surface area contributed by atoms with Gasteiger partial charge < -0.3 is 19.1 Å². The fourth-order valence-corrected chi connectivity index (χ4v) is 5.57. The first-order chi connectivity index (χ1) is 14.7. The monoisotopic (exact) mass is 449 g/mol. The van der Waals surface area contributed by atoms with Crippen molar-refractivity contribution >= 4 is 19.4 Å². The number of hydrogen-bond acceptors (Lipinski definition) is 7. The third kappa shape index (κ3) is 5.41. The molecular weight excluding hydrogens is 425 g/mol. The van der Waals surface area contributed by atoms with Crippen LogP contribution in [0.25, 0.3) is 0 Å². The molecule has 0 radical (unpaired) electrons. The van der Waals surface area contributed by atoms with Crippen LogP contribution in [0.1, 0.15) is 13.3 Å². The lowest BCUT2D eigenvalue weighted by atomic mass is 10.2. The number of likely N-dealkylation sites (N-methyl/N-ethyl adjacent to an activating group) is 1. The molecule has 10 nitrogen and oxygen atoms in total. The van der Waals surface area contributed by atoms with Crippen molar-refractivity contribution in [3.8, 4) is 11.5 Å². The molecule has 166 valence electrons. The molecule has 0 bridgehead atoms. The first-order valence-corrected chi connectivity index (χ1v) is 11.2. The van der Waals surface area contributed by atoms with Crippen molar-refractivity contribution in [2.75, 3.05) is 20.1 Å². The van der Waals surface area contributed by atoms with E-state index in [2.05, 4.69) is 0 Å². The number of para-hydroxylation sites is 1. The van der Waals surface area contributed by atoms with Gasteiger partial charge in [-0.3, -0.25) is 14.9 Å². The van der Waals surface area contributed by atoms with Crippen LogP contribution in [-0.2, 0) is 9.36 Å². The molecule has 2 unspecified atom stereocenters. The number of non-ortho nitro benzene ring substituents is 1. The Bertz CT molecular complexity index is 970. The van der Waals surface area contributed by atoms with Gasteiger partial charge in [-0.1, -0.05) is 18.2 Å². The maximum absolute atomic E-state index is 14.2. The Morgan fingerprint density at radius 3 is 2.26 bits per heavy atom. The quantitative estimate of drug-likeness (QED) is 0.347. The summed E-state index contributed by atoms with van der Waals surface area (Å²) in [6.07, 6.45) is 0.583. The van der Waals surface area contributed by atoms with Gasteiger partial charge in [0.15, 0.2) is 0 Å². The van der Waals surface area contributed by atoms with Crippen molar-refractivity contribution in [3.05, 3.63) is 64.7 Å². The SMILES string of the molecule is C[C@H](C(=O)O)N(C1CCN(C)C1)P(=O)(Oc1ccccc1)Oc1ccc([N+](=O)[O-])cc1. The third-order valence-electron chi connectivity index (χ3n) is 5.01. The van der Waals surface area contributed by atoms with Crippen molar-refractivity contribution in [1.29, 1.82) is 0 Å². The van der Waals surface area contributed by atoms with E-state index < -0.39 is 24.7 Å². The molecule has 31 heavy (non-hydrogen) atoms. The summed E-state index contributed by atoms with van der Waals surface area (Å²) in [6.45, 7) is 2.63. The topological polar surface area (TPSA) is 122 Å². The molecule has 1 N–H and O–H groups in total. The minimum absolute atomic E-state index is 0.0683. The Balaban J connectivity index is 2.02. The molecule has 11 heteroatoms. The molecular formula is C20H24N3O7P. The number of nitrogens with zero attached hydrogens (tertiary/aromatic N) is 3. The van der Waals surface area contributed by atoms with Crippen molar-refractivity contribution in [2.45, 2.75) is 25.4 Å². The maximum atomic E-state index is 14.2. The van der Waals surface area contributed by atoms with E-state index in [0.717, 1.165) is 0 Å². The summed E-state index contributed by atoms with van der Waals surface area (Å²) in [4.78, 5) is 24.3. The Hall–Kier alpha value is -2.94. The predicted octanol–water partition coefficient (Wildman–Crippen LogP) is 3.64. The van der Waals surface area contributed by atoms with E-state index in [1.165, 1.54) is 35.9 Å². The van der Waals surface area contributed by atoms with E-state index in [-0.39, 0.29) is 23.2 Å². The van der Waals surface area contributed by atoms with Crippen LogP contribution >= 0.6 is 7.75 Å². The van der Waals surface area contributed by atoms with Crippen molar-refractivity contribution in [1.82, 2.24) is 9.57 Å². The zero-order valence-electron chi connectivity index (χ0n) is 17.2. The summed E-state index contributed by atoms with van der Waals surface area (Å²) in [5.41, 5.74) is -0.153. The van der Waals surface area contributed by atoms with Crippen LogP contribution < -0.4 is 9.05 Å². The van der Waals surface area contributed by atoms with Gasteiger partial charge in [0.05, 0.1) is 4.92 Å². The molecule has 0 aliphatic carbocycles. The van der Waals surface area contributed by atoms with Crippen LogP contribution in [0.2, 0.25) is 0 Å². The number of carboxylic acid groups (broad SMARTS) is 1. The Morgan fingerprint density at radius 1 is 1.19 bits per heavy atom. The second kappa shape index (κ2) is 9.47. The highest BCUT2D eigenvalue weighted by atomic mass is 31.2. The molecule has 0 amide bonds. The molecule has 3 rings (SSSR count). The number of rotatable bonds is 9. The summed E-state index contributed by atoms with van der Waals surface area (Å²) in [7, 11) is -2.35. The summed E-state index contributed by atoms with van der Waals surface area (Å²) < 4.78 is 27.0. The van der Waals surface area contributed by atoms with Gasteiger partial charge in [-0.2, -0.15) is 4.67 Å². The average Bonchev–Trinajstić information content (AvgIpc) is 3.14. The second-order valence-corrected chi connectivity index (χ2v) is 9.08. The molecule has 1 aliphatic heterocycles. The van der Waals surface area contributed by atoms with E-state index in [4.69, 9.17) is 9.05 Å². The van der Waals surface area contributed by atoms with Crippen LogP contribution in [0.4, 0.5) is 5.69 Å². The maximum Gasteiger partial charge on any atom is 0.516 e.